The van der Waals surface area contributed by atoms with Crippen molar-refractivity contribution in [3.63, 3.8) is 0 Å². The summed E-state index contributed by atoms with van der Waals surface area (Å²) in [7, 11) is 1.71. The summed E-state index contributed by atoms with van der Waals surface area (Å²) in [6.07, 6.45) is 0. The monoisotopic (exact) mass is 290 g/mol. The van der Waals surface area contributed by atoms with Gasteiger partial charge in [0.1, 0.15) is 0 Å². The Morgan fingerprint density at radius 2 is 1.95 bits per heavy atom. The zero-order valence-corrected chi connectivity index (χ0v) is 11.7. The van der Waals surface area contributed by atoms with Gasteiger partial charge in [-0.15, -0.1) is 0 Å². The molecule has 0 saturated heterocycles. The molecule has 5 nitrogen and oxygen atoms in total. The molecule has 0 bridgehead atoms. The highest BCUT2D eigenvalue weighted by Crippen LogP contribution is 2.12. The Morgan fingerprint density at radius 3 is 2.50 bits per heavy atom. The summed E-state index contributed by atoms with van der Waals surface area (Å²) in [6, 6.07) is 7.78. The van der Waals surface area contributed by atoms with E-state index in [1.807, 2.05) is 16.8 Å². The molecule has 6 heteroatoms. The molecular weight excluding hydrogens is 276 g/mol. The van der Waals surface area contributed by atoms with Gasteiger partial charge >= 0.3 is 12.0 Å². The fourth-order valence-electron chi connectivity index (χ4n) is 1.64. The van der Waals surface area contributed by atoms with Crippen molar-refractivity contribution in [1.29, 1.82) is 0 Å². The van der Waals surface area contributed by atoms with Crippen molar-refractivity contribution in [2.75, 3.05) is 12.4 Å². The number of amides is 2. The molecule has 0 fully saturated rings. The maximum atomic E-state index is 12.0. The maximum Gasteiger partial charge on any atom is 0.335 e. The number of carboxylic acid groups (broad SMARTS) is 1. The van der Waals surface area contributed by atoms with Crippen LogP contribution in [0.1, 0.15) is 15.9 Å². The second kappa shape index (κ2) is 6.21. The molecule has 104 valence electrons. The van der Waals surface area contributed by atoms with Gasteiger partial charge in [-0.2, -0.15) is 11.3 Å². The third-order valence-corrected chi connectivity index (χ3v) is 3.46. The number of carbonyl (C=O) groups is 2. The summed E-state index contributed by atoms with van der Waals surface area (Å²) in [5.41, 5.74) is 1.83. The second-order valence-electron chi connectivity index (χ2n) is 4.30. The lowest BCUT2D eigenvalue weighted by molar-refractivity contribution is 0.0697. The van der Waals surface area contributed by atoms with Crippen molar-refractivity contribution in [1.82, 2.24) is 4.90 Å². The Labute approximate surface area is 120 Å². The number of carbonyl (C=O) groups excluding carboxylic acids is 1. The molecule has 0 aliphatic rings. The van der Waals surface area contributed by atoms with E-state index in [-0.39, 0.29) is 11.6 Å². The second-order valence-corrected chi connectivity index (χ2v) is 5.08. The SMILES string of the molecule is CN(Cc1ccsc1)C(=O)Nc1ccc(C(=O)O)cc1. The van der Waals surface area contributed by atoms with Crippen molar-refractivity contribution in [2.45, 2.75) is 6.54 Å². The molecule has 0 unspecified atom stereocenters. The van der Waals surface area contributed by atoms with Gasteiger partial charge in [0.15, 0.2) is 0 Å². The lowest BCUT2D eigenvalue weighted by Gasteiger charge is -2.17. The molecule has 0 atom stereocenters. The Balaban J connectivity index is 1.95. The van der Waals surface area contributed by atoms with Gasteiger partial charge in [-0.05, 0) is 46.7 Å². The number of carboxylic acids is 1. The van der Waals surface area contributed by atoms with Crippen molar-refractivity contribution in [3.05, 3.63) is 52.2 Å². The van der Waals surface area contributed by atoms with Crippen LogP contribution in [0.4, 0.5) is 10.5 Å². The van der Waals surface area contributed by atoms with Crippen molar-refractivity contribution >= 4 is 29.0 Å². The highest BCUT2D eigenvalue weighted by molar-refractivity contribution is 7.07. The smallest absolute Gasteiger partial charge is 0.335 e. The van der Waals surface area contributed by atoms with E-state index in [4.69, 9.17) is 5.11 Å². The largest absolute Gasteiger partial charge is 0.478 e. The first-order valence-electron chi connectivity index (χ1n) is 5.93. The Hall–Kier alpha value is -2.34. The number of aromatic carboxylic acids is 1. The van der Waals surface area contributed by atoms with Crippen LogP contribution in [0.15, 0.2) is 41.1 Å². The van der Waals surface area contributed by atoms with Crippen LogP contribution < -0.4 is 5.32 Å². The van der Waals surface area contributed by atoms with E-state index in [1.165, 1.54) is 12.1 Å². The van der Waals surface area contributed by atoms with Crippen LogP contribution in [0.2, 0.25) is 0 Å². The van der Waals surface area contributed by atoms with Gasteiger partial charge < -0.3 is 15.3 Å². The summed E-state index contributed by atoms with van der Waals surface area (Å²) in [6.45, 7) is 0.530. The van der Waals surface area contributed by atoms with Gasteiger partial charge in [0.2, 0.25) is 0 Å². The molecule has 1 aromatic heterocycles. The molecule has 20 heavy (non-hydrogen) atoms. The zero-order chi connectivity index (χ0) is 14.5. The molecular formula is C14H14N2O3S. The number of hydrogen-bond donors (Lipinski definition) is 2. The minimum absolute atomic E-state index is 0.189. The number of benzene rings is 1. The molecule has 1 aromatic carbocycles. The number of thiophene rings is 1. The summed E-state index contributed by atoms with van der Waals surface area (Å²) >= 11 is 1.59. The Morgan fingerprint density at radius 1 is 1.25 bits per heavy atom. The van der Waals surface area contributed by atoms with Crippen molar-refractivity contribution < 1.29 is 14.7 Å². The normalized spacial score (nSPS) is 10.1. The lowest BCUT2D eigenvalue weighted by atomic mass is 10.2. The maximum absolute atomic E-state index is 12.0. The number of nitrogens with one attached hydrogen (secondary N) is 1. The minimum atomic E-state index is -0.988. The van der Waals surface area contributed by atoms with E-state index < -0.39 is 5.97 Å². The van der Waals surface area contributed by atoms with E-state index >= 15 is 0 Å². The van der Waals surface area contributed by atoms with Gasteiger partial charge in [0.05, 0.1) is 5.56 Å². The third-order valence-electron chi connectivity index (χ3n) is 2.73. The molecule has 2 N–H and O–H groups in total. The Kier molecular flexibility index (Phi) is 4.37. The van der Waals surface area contributed by atoms with Crippen LogP contribution in [0, 0.1) is 0 Å². The number of hydrogen-bond acceptors (Lipinski definition) is 3. The summed E-state index contributed by atoms with van der Waals surface area (Å²) < 4.78 is 0. The topological polar surface area (TPSA) is 69.6 Å². The first kappa shape index (κ1) is 14.1. The van der Waals surface area contributed by atoms with E-state index in [1.54, 1.807) is 35.4 Å². The number of rotatable bonds is 4. The highest BCUT2D eigenvalue weighted by Gasteiger charge is 2.10. The van der Waals surface area contributed by atoms with E-state index in [2.05, 4.69) is 5.32 Å². The average Bonchev–Trinajstić information content (AvgIpc) is 2.92. The third kappa shape index (κ3) is 3.58. The number of nitrogens with zero attached hydrogens (tertiary/aromatic N) is 1. The van der Waals surface area contributed by atoms with E-state index in [0.29, 0.717) is 12.2 Å². The van der Waals surface area contributed by atoms with Crippen molar-refractivity contribution in [3.8, 4) is 0 Å². The molecule has 0 aliphatic carbocycles. The summed E-state index contributed by atoms with van der Waals surface area (Å²) in [5.74, 6) is -0.988. The number of urea groups is 1. The van der Waals surface area contributed by atoms with Crippen LogP contribution in [-0.4, -0.2) is 29.1 Å². The number of anilines is 1. The van der Waals surface area contributed by atoms with Crippen LogP contribution in [0.3, 0.4) is 0 Å². The van der Waals surface area contributed by atoms with Crippen LogP contribution in [0.25, 0.3) is 0 Å². The summed E-state index contributed by atoms with van der Waals surface area (Å²) in [5, 5.41) is 15.5. The quantitative estimate of drug-likeness (QED) is 0.909. The van der Waals surface area contributed by atoms with Crippen LogP contribution >= 0.6 is 11.3 Å². The molecule has 0 spiro atoms. The van der Waals surface area contributed by atoms with E-state index in [0.717, 1.165) is 5.56 Å². The molecule has 2 aromatic rings. The highest BCUT2D eigenvalue weighted by atomic mass is 32.1. The van der Waals surface area contributed by atoms with E-state index in [9.17, 15) is 9.59 Å². The van der Waals surface area contributed by atoms with Gasteiger partial charge in [-0.3, -0.25) is 0 Å². The van der Waals surface area contributed by atoms with Crippen LogP contribution in [-0.2, 0) is 6.54 Å². The fourth-order valence-corrected chi connectivity index (χ4v) is 2.30. The average molecular weight is 290 g/mol. The van der Waals surface area contributed by atoms with Gasteiger partial charge in [-0.25, -0.2) is 9.59 Å². The summed E-state index contributed by atoms with van der Waals surface area (Å²) in [4.78, 5) is 24.2. The standard InChI is InChI=1S/C14H14N2O3S/c1-16(8-10-6-7-20-9-10)14(19)15-12-4-2-11(3-5-12)13(17)18/h2-7,9H,8H2,1H3,(H,15,19)(H,17,18). The molecule has 0 saturated carbocycles. The molecule has 2 rings (SSSR count). The van der Waals surface area contributed by atoms with Gasteiger partial charge in [0.25, 0.3) is 0 Å². The van der Waals surface area contributed by atoms with Crippen molar-refractivity contribution in [2.24, 2.45) is 0 Å². The molecule has 1 heterocycles. The van der Waals surface area contributed by atoms with Gasteiger partial charge in [-0.1, -0.05) is 0 Å². The first-order chi connectivity index (χ1) is 9.56. The minimum Gasteiger partial charge on any atom is -0.478 e. The van der Waals surface area contributed by atoms with Gasteiger partial charge in [0, 0.05) is 19.3 Å². The Bertz CT molecular complexity index is 593. The first-order valence-corrected chi connectivity index (χ1v) is 6.87. The fraction of sp³-hybridized carbons (Fsp3) is 0.143. The van der Waals surface area contributed by atoms with Crippen LogP contribution in [0.5, 0.6) is 0 Å². The molecule has 2 amide bonds. The predicted molar refractivity (Wildman–Crippen MR) is 78.2 cm³/mol. The zero-order valence-electron chi connectivity index (χ0n) is 10.9. The molecule has 0 radical (unpaired) electrons. The lowest BCUT2D eigenvalue weighted by Crippen LogP contribution is -2.30. The predicted octanol–water partition coefficient (Wildman–Crippen LogP) is 3.11. The molecule has 0 aliphatic heterocycles.